The van der Waals surface area contributed by atoms with E-state index >= 15 is 0 Å². The fourth-order valence-corrected chi connectivity index (χ4v) is 10.1. The van der Waals surface area contributed by atoms with Crippen molar-refractivity contribution in [3.05, 3.63) is 72.9 Å². The van der Waals surface area contributed by atoms with Gasteiger partial charge < -0.3 is 39.0 Å². The molecule has 1 saturated heterocycles. The Hall–Kier alpha value is -3.84. The third-order valence-electron chi connectivity index (χ3n) is 15.3. The highest BCUT2D eigenvalue weighted by molar-refractivity contribution is 5.74. The van der Waals surface area contributed by atoms with Crippen LogP contribution in [-0.2, 0) is 42.9 Å². The Kier molecular flexibility index (Phi) is 54.4. The Balaban J connectivity index is 2.65. The second-order valence-corrected chi connectivity index (χ2v) is 23.1. The van der Waals surface area contributed by atoms with E-state index in [1.165, 1.54) is 154 Å². The molecule has 478 valence electrons. The van der Waals surface area contributed by atoms with E-state index < -0.39 is 67.3 Å². The van der Waals surface area contributed by atoms with E-state index in [0.29, 0.717) is 19.3 Å². The van der Waals surface area contributed by atoms with Crippen LogP contribution in [0.5, 0.6) is 0 Å². The van der Waals surface area contributed by atoms with Crippen LogP contribution in [0.1, 0.15) is 303 Å². The molecule has 1 fully saturated rings. The molecule has 83 heavy (non-hydrogen) atoms. The topological polar surface area (TPSA) is 175 Å². The van der Waals surface area contributed by atoms with Gasteiger partial charge in [-0.2, -0.15) is 0 Å². The van der Waals surface area contributed by atoms with Gasteiger partial charge in [0.25, 0.3) is 0 Å². The highest BCUT2D eigenvalue weighted by atomic mass is 16.7. The predicted molar refractivity (Wildman–Crippen MR) is 340 cm³/mol. The number of hydrogen-bond acceptors (Lipinski definition) is 11. The number of ether oxygens (including phenoxy) is 5. The van der Waals surface area contributed by atoms with Crippen molar-refractivity contribution in [2.24, 2.45) is 0 Å². The zero-order valence-electron chi connectivity index (χ0n) is 52.9. The number of esters is 3. The van der Waals surface area contributed by atoms with Crippen LogP contribution >= 0.6 is 0 Å². The molecule has 0 radical (unpaired) electrons. The molecular weight excluding hydrogens is 1040 g/mol. The van der Waals surface area contributed by atoms with Gasteiger partial charge in [0, 0.05) is 19.3 Å². The minimum atomic E-state index is -1.92. The average molecular weight is 1170 g/mol. The summed E-state index contributed by atoms with van der Waals surface area (Å²) in [6.45, 7) is 5.91. The smallest absolute Gasteiger partial charge is 0.335 e. The number of hydrogen-bond donors (Lipinski definition) is 3. The molecule has 3 N–H and O–H groups in total. The summed E-state index contributed by atoms with van der Waals surface area (Å²) in [5.41, 5.74) is 0. The van der Waals surface area contributed by atoms with Gasteiger partial charge in [-0.15, -0.1) is 0 Å². The van der Waals surface area contributed by atoms with Crippen molar-refractivity contribution in [1.82, 2.24) is 0 Å². The largest absolute Gasteiger partial charge is 0.479 e. The van der Waals surface area contributed by atoms with Gasteiger partial charge >= 0.3 is 23.9 Å². The van der Waals surface area contributed by atoms with E-state index in [1.807, 2.05) is 0 Å². The van der Waals surface area contributed by atoms with E-state index in [1.54, 1.807) is 0 Å². The molecule has 6 unspecified atom stereocenters. The first-order valence-electron chi connectivity index (χ1n) is 33.9. The van der Waals surface area contributed by atoms with Gasteiger partial charge in [0.15, 0.2) is 24.6 Å². The molecule has 0 amide bonds. The molecule has 0 bridgehead atoms. The predicted octanol–water partition coefficient (Wildman–Crippen LogP) is 18.5. The summed E-state index contributed by atoms with van der Waals surface area (Å²) in [6.07, 6.45) is 62.8. The van der Waals surface area contributed by atoms with Crippen LogP contribution in [-0.4, -0.2) is 89.2 Å². The maximum Gasteiger partial charge on any atom is 0.335 e. The van der Waals surface area contributed by atoms with Gasteiger partial charge in [0.2, 0.25) is 0 Å². The molecule has 0 saturated carbocycles. The number of aliphatic hydroxyl groups is 2. The fraction of sp³-hybridized carbons (Fsp3) is 0.775. The zero-order valence-corrected chi connectivity index (χ0v) is 52.9. The third-order valence-corrected chi connectivity index (χ3v) is 15.3. The maximum atomic E-state index is 13.2. The van der Waals surface area contributed by atoms with Gasteiger partial charge in [0.1, 0.15) is 18.8 Å². The Morgan fingerprint density at radius 2 is 0.759 bits per heavy atom. The van der Waals surface area contributed by atoms with Crippen molar-refractivity contribution < 1.29 is 58.2 Å². The molecule has 12 nitrogen and oxygen atoms in total. The lowest BCUT2D eigenvalue weighted by atomic mass is 9.98. The number of aliphatic hydroxyl groups excluding tert-OH is 2. The van der Waals surface area contributed by atoms with E-state index in [0.717, 1.165) is 89.9 Å². The van der Waals surface area contributed by atoms with Crippen molar-refractivity contribution in [2.45, 2.75) is 340 Å². The molecule has 0 aromatic carbocycles. The van der Waals surface area contributed by atoms with E-state index in [9.17, 15) is 34.5 Å². The monoisotopic (exact) mass is 1170 g/mol. The molecule has 0 spiro atoms. The van der Waals surface area contributed by atoms with Crippen molar-refractivity contribution in [1.29, 1.82) is 0 Å². The molecule has 1 aliphatic heterocycles. The van der Waals surface area contributed by atoms with Gasteiger partial charge in [-0.3, -0.25) is 14.4 Å². The summed E-state index contributed by atoms with van der Waals surface area (Å²) in [5, 5.41) is 31.6. The summed E-state index contributed by atoms with van der Waals surface area (Å²) < 4.78 is 28.6. The first-order chi connectivity index (χ1) is 40.6. The number of carboxylic acids is 1. The normalized spacial score (nSPS) is 18.0. The van der Waals surface area contributed by atoms with Crippen LogP contribution in [0.25, 0.3) is 0 Å². The van der Waals surface area contributed by atoms with Crippen LogP contribution in [0.3, 0.4) is 0 Å². The number of carboxylic acid groups (broad SMARTS) is 1. The van der Waals surface area contributed by atoms with E-state index in [2.05, 4.69) is 93.7 Å². The first-order valence-corrected chi connectivity index (χ1v) is 33.9. The number of rotatable bonds is 58. The second-order valence-electron chi connectivity index (χ2n) is 23.1. The molecule has 1 aliphatic rings. The molecule has 0 aromatic rings. The number of allylic oxidation sites excluding steroid dienone is 12. The van der Waals surface area contributed by atoms with Crippen molar-refractivity contribution in [2.75, 3.05) is 13.2 Å². The van der Waals surface area contributed by atoms with Gasteiger partial charge in [-0.1, -0.05) is 267 Å². The van der Waals surface area contributed by atoms with Gasteiger partial charge in [-0.05, 0) is 89.9 Å². The van der Waals surface area contributed by atoms with E-state index in [4.69, 9.17) is 23.7 Å². The van der Waals surface area contributed by atoms with Gasteiger partial charge in [0.05, 0.1) is 6.61 Å². The SMILES string of the molecule is CC/C=C\C/C=C\C/C=C\C/C=C\C/C=C\CCCCCC(=O)OC1C(OCC(COC(=O)CCCCCCCCCCC/C=C\CCCCCCCC)OC(=O)CCCCCCCCCCCCCCCCC)OC(C(=O)O)C(O)C1O. The molecule has 6 atom stereocenters. The van der Waals surface area contributed by atoms with Crippen molar-refractivity contribution in [3.63, 3.8) is 0 Å². The molecule has 0 aromatic heterocycles. The van der Waals surface area contributed by atoms with Crippen LogP contribution in [0.2, 0.25) is 0 Å². The lowest BCUT2D eigenvalue weighted by Crippen LogP contribution is -2.61. The minimum Gasteiger partial charge on any atom is -0.479 e. The molecule has 0 aliphatic carbocycles. The Morgan fingerprint density at radius 1 is 0.410 bits per heavy atom. The summed E-state index contributed by atoms with van der Waals surface area (Å²) in [5.74, 6) is -3.14. The fourth-order valence-electron chi connectivity index (χ4n) is 10.1. The molecule has 1 rings (SSSR count). The summed E-state index contributed by atoms with van der Waals surface area (Å²) >= 11 is 0. The maximum absolute atomic E-state index is 13.2. The lowest BCUT2D eigenvalue weighted by Gasteiger charge is -2.40. The van der Waals surface area contributed by atoms with Crippen molar-refractivity contribution in [3.8, 4) is 0 Å². The summed E-state index contributed by atoms with van der Waals surface area (Å²) in [4.78, 5) is 51.4. The molecular formula is C71H122O12. The summed E-state index contributed by atoms with van der Waals surface area (Å²) in [6, 6.07) is 0. The van der Waals surface area contributed by atoms with Crippen LogP contribution in [0, 0.1) is 0 Å². The molecule has 1 heterocycles. The highest BCUT2D eigenvalue weighted by Crippen LogP contribution is 2.27. The van der Waals surface area contributed by atoms with Crippen LogP contribution in [0.15, 0.2) is 72.9 Å². The van der Waals surface area contributed by atoms with Gasteiger partial charge in [-0.25, -0.2) is 4.79 Å². The van der Waals surface area contributed by atoms with Crippen molar-refractivity contribution >= 4 is 23.9 Å². The lowest BCUT2D eigenvalue weighted by molar-refractivity contribution is -0.301. The Morgan fingerprint density at radius 3 is 1.18 bits per heavy atom. The third kappa shape index (κ3) is 48.0. The van der Waals surface area contributed by atoms with Crippen LogP contribution in [0.4, 0.5) is 0 Å². The number of carbonyl (C=O) groups is 4. The standard InChI is InChI=1S/C71H122O12/c1-4-7-10-13-16-19-22-25-28-30-32-34-37-39-42-45-48-51-54-57-63(72)79-60-62(81-64(73)58-55-52-49-46-43-40-36-27-24-21-18-15-12-9-6-3)61-80-71-69(67(76)66(75)68(83-71)70(77)78)82-65(74)59-56-53-50-47-44-41-38-35-33-31-29-26-23-20-17-14-11-8-5-2/h8,11,17,20,25-26,28-29,33,35,41,44,62,66-69,71,75-76H,4-7,9-10,12-16,18-19,21-24,27,30-32,34,36-40,42-43,45-61H2,1-3H3,(H,77,78)/b11-8-,20-17-,28-25-,29-26-,35-33-,44-41-. The van der Waals surface area contributed by atoms with Crippen LogP contribution < -0.4 is 0 Å². The number of carbonyl (C=O) groups excluding carboxylic acids is 3. The zero-order chi connectivity index (χ0) is 60.3. The quantitative estimate of drug-likeness (QED) is 0.0228. The minimum absolute atomic E-state index is 0.0211. The number of aliphatic carboxylic acids is 1. The Labute approximate surface area is 506 Å². The highest BCUT2D eigenvalue weighted by Gasteiger charge is 2.50. The molecule has 12 heteroatoms. The second kappa shape index (κ2) is 58.5. The average Bonchev–Trinajstić information content (AvgIpc) is 3.60. The first kappa shape index (κ1) is 77.2. The van der Waals surface area contributed by atoms with E-state index in [-0.39, 0.29) is 25.9 Å². The summed E-state index contributed by atoms with van der Waals surface area (Å²) in [7, 11) is 0. The Bertz CT molecular complexity index is 1720. The number of unbranched alkanes of at least 4 members (excludes halogenated alkanes) is 32.